The number of unbranched alkanes of at least 4 members (excludes halogenated alkanes) is 1. The molecule has 2 rings (SSSR count). The first-order valence-corrected chi connectivity index (χ1v) is 6.93. The molecule has 0 radical (unpaired) electrons. The van der Waals surface area contributed by atoms with Crippen molar-refractivity contribution in [1.29, 1.82) is 0 Å². The van der Waals surface area contributed by atoms with Crippen molar-refractivity contribution in [2.45, 2.75) is 26.3 Å². The van der Waals surface area contributed by atoms with Crippen molar-refractivity contribution in [1.82, 2.24) is 9.55 Å². The lowest BCUT2D eigenvalue weighted by Crippen LogP contribution is -2.12. The predicted molar refractivity (Wildman–Crippen MR) is 75.9 cm³/mol. The molecule has 0 spiro atoms. The molecular formula is C14H16ClFN2O2. The summed E-state index contributed by atoms with van der Waals surface area (Å²) in [6.45, 7) is 2.25. The largest absolute Gasteiger partial charge is 0.461 e. The average Bonchev–Trinajstić information content (AvgIpc) is 2.77. The Morgan fingerprint density at radius 2 is 2.25 bits per heavy atom. The van der Waals surface area contributed by atoms with Crippen LogP contribution in [0.2, 0.25) is 5.15 Å². The molecular weight excluding hydrogens is 283 g/mol. The van der Waals surface area contributed by atoms with E-state index < -0.39 is 0 Å². The number of fused-ring (bicyclic) bond motifs is 1. The van der Waals surface area contributed by atoms with Gasteiger partial charge in [0, 0.05) is 11.9 Å². The highest BCUT2D eigenvalue weighted by molar-refractivity contribution is 6.30. The fraction of sp³-hybridized carbons (Fsp3) is 0.429. The van der Waals surface area contributed by atoms with Gasteiger partial charge in [-0.1, -0.05) is 11.6 Å². The number of ether oxygens (including phenoxy) is 1. The molecule has 2 heterocycles. The zero-order valence-corrected chi connectivity index (χ0v) is 12.0. The summed E-state index contributed by atoms with van der Waals surface area (Å²) in [5.74, 6) is -0.389. The molecule has 4 nitrogen and oxygen atoms in total. The van der Waals surface area contributed by atoms with Crippen molar-refractivity contribution in [2.75, 3.05) is 13.3 Å². The lowest BCUT2D eigenvalue weighted by molar-refractivity contribution is 0.0514. The normalized spacial score (nSPS) is 10.9. The second-order valence-electron chi connectivity index (χ2n) is 4.36. The minimum atomic E-state index is -0.389. The number of carbonyl (C=O) groups excluding carboxylic acids is 1. The molecule has 6 heteroatoms. The van der Waals surface area contributed by atoms with Gasteiger partial charge in [-0.25, -0.2) is 9.78 Å². The third kappa shape index (κ3) is 3.10. The quantitative estimate of drug-likeness (QED) is 0.465. The minimum absolute atomic E-state index is 0.309. The Morgan fingerprint density at radius 3 is 2.95 bits per heavy atom. The number of hydrogen-bond donors (Lipinski definition) is 0. The van der Waals surface area contributed by atoms with E-state index in [4.69, 9.17) is 16.3 Å². The van der Waals surface area contributed by atoms with E-state index in [0.29, 0.717) is 36.8 Å². The summed E-state index contributed by atoms with van der Waals surface area (Å²) in [6, 6.07) is 3.43. The Kier molecular flexibility index (Phi) is 4.95. The molecule has 0 saturated carbocycles. The van der Waals surface area contributed by atoms with Crippen LogP contribution < -0.4 is 0 Å². The maximum atomic E-state index is 12.2. The van der Waals surface area contributed by atoms with Crippen LogP contribution in [0.3, 0.4) is 0 Å². The number of aromatic nitrogens is 2. The number of aryl methyl sites for hydroxylation is 1. The number of nitrogens with zero attached hydrogens (tertiary/aromatic N) is 2. The average molecular weight is 299 g/mol. The van der Waals surface area contributed by atoms with Crippen LogP contribution >= 0.6 is 11.6 Å². The van der Waals surface area contributed by atoms with Crippen LogP contribution in [0.5, 0.6) is 0 Å². The number of halogens is 2. The molecule has 0 aliphatic rings. The van der Waals surface area contributed by atoms with Gasteiger partial charge >= 0.3 is 5.97 Å². The van der Waals surface area contributed by atoms with Crippen LogP contribution in [0.4, 0.5) is 4.39 Å². The van der Waals surface area contributed by atoms with Gasteiger partial charge in [0.2, 0.25) is 0 Å². The third-order valence-corrected chi connectivity index (χ3v) is 3.21. The highest BCUT2D eigenvalue weighted by Crippen LogP contribution is 2.23. The Morgan fingerprint density at radius 1 is 1.45 bits per heavy atom. The van der Waals surface area contributed by atoms with Crippen LogP contribution in [-0.2, 0) is 11.3 Å². The van der Waals surface area contributed by atoms with Crippen LogP contribution in [0.15, 0.2) is 18.3 Å². The van der Waals surface area contributed by atoms with E-state index in [1.807, 2.05) is 4.57 Å². The van der Waals surface area contributed by atoms with Gasteiger partial charge in [0.25, 0.3) is 0 Å². The molecule has 2 aromatic rings. The SMILES string of the molecule is CCOC(=O)c1cc2cc(Cl)ncc2n1CCCCF. The van der Waals surface area contributed by atoms with Gasteiger partial charge in [-0.3, -0.25) is 4.39 Å². The van der Waals surface area contributed by atoms with Gasteiger partial charge in [0.05, 0.1) is 25.0 Å². The number of pyridine rings is 1. The lowest BCUT2D eigenvalue weighted by atomic mass is 10.3. The summed E-state index contributed by atoms with van der Waals surface area (Å²) in [7, 11) is 0. The Balaban J connectivity index is 2.42. The zero-order chi connectivity index (χ0) is 14.5. The molecule has 0 aliphatic heterocycles. The van der Waals surface area contributed by atoms with E-state index in [1.54, 1.807) is 25.3 Å². The van der Waals surface area contributed by atoms with Crippen LogP contribution in [-0.4, -0.2) is 28.8 Å². The second-order valence-corrected chi connectivity index (χ2v) is 4.75. The van der Waals surface area contributed by atoms with E-state index in [9.17, 15) is 9.18 Å². The summed E-state index contributed by atoms with van der Waals surface area (Å²) < 4.78 is 19.1. The van der Waals surface area contributed by atoms with Crippen LogP contribution in [0.25, 0.3) is 10.9 Å². The zero-order valence-electron chi connectivity index (χ0n) is 11.2. The van der Waals surface area contributed by atoms with E-state index in [0.717, 1.165) is 10.9 Å². The van der Waals surface area contributed by atoms with E-state index in [1.165, 1.54) is 0 Å². The van der Waals surface area contributed by atoms with Crippen molar-refractivity contribution in [3.63, 3.8) is 0 Å². The van der Waals surface area contributed by atoms with Gasteiger partial charge in [0.15, 0.2) is 0 Å². The highest BCUT2D eigenvalue weighted by Gasteiger charge is 2.16. The molecule has 20 heavy (non-hydrogen) atoms. The number of esters is 1. The first kappa shape index (κ1) is 14.8. The molecule has 108 valence electrons. The highest BCUT2D eigenvalue weighted by atomic mass is 35.5. The van der Waals surface area contributed by atoms with Crippen molar-refractivity contribution in [2.24, 2.45) is 0 Å². The van der Waals surface area contributed by atoms with Gasteiger partial charge in [-0.15, -0.1) is 0 Å². The first-order chi connectivity index (χ1) is 9.67. The molecule has 0 fully saturated rings. The summed E-state index contributed by atoms with van der Waals surface area (Å²) >= 11 is 5.86. The molecule has 0 amide bonds. The molecule has 0 unspecified atom stereocenters. The van der Waals surface area contributed by atoms with Crippen LogP contribution in [0, 0.1) is 0 Å². The van der Waals surface area contributed by atoms with E-state index >= 15 is 0 Å². The lowest BCUT2D eigenvalue weighted by Gasteiger charge is -2.09. The molecule has 0 aliphatic carbocycles. The van der Waals surface area contributed by atoms with Gasteiger partial charge in [-0.05, 0) is 31.9 Å². The fourth-order valence-corrected chi connectivity index (χ4v) is 2.28. The molecule has 2 aromatic heterocycles. The fourth-order valence-electron chi connectivity index (χ4n) is 2.11. The molecule has 0 aromatic carbocycles. The molecule has 0 saturated heterocycles. The van der Waals surface area contributed by atoms with E-state index in [2.05, 4.69) is 4.98 Å². The minimum Gasteiger partial charge on any atom is -0.461 e. The monoisotopic (exact) mass is 298 g/mol. The maximum absolute atomic E-state index is 12.2. The van der Waals surface area contributed by atoms with Gasteiger partial charge < -0.3 is 9.30 Å². The molecule has 0 N–H and O–H groups in total. The smallest absolute Gasteiger partial charge is 0.354 e. The van der Waals surface area contributed by atoms with Gasteiger partial charge in [-0.2, -0.15) is 0 Å². The summed E-state index contributed by atoms with van der Waals surface area (Å²) in [5.41, 5.74) is 1.25. The summed E-state index contributed by atoms with van der Waals surface area (Å²) in [4.78, 5) is 16.0. The topological polar surface area (TPSA) is 44.1 Å². The second kappa shape index (κ2) is 6.70. The summed E-state index contributed by atoms with van der Waals surface area (Å²) in [5, 5.41) is 1.20. The van der Waals surface area contributed by atoms with Crippen molar-refractivity contribution in [3.8, 4) is 0 Å². The number of rotatable bonds is 6. The maximum Gasteiger partial charge on any atom is 0.354 e. The van der Waals surface area contributed by atoms with Crippen molar-refractivity contribution < 1.29 is 13.9 Å². The molecule has 0 atom stereocenters. The number of alkyl halides is 1. The van der Waals surface area contributed by atoms with Crippen LogP contribution in [0.1, 0.15) is 30.3 Å². The Bertz CT molecular complexity index is 612. The first-order valence-electron chi connectivity index (χ1n) is 6.55. The molecule has 0 bridgehead atoms. The van der Waals surface area contributed by atoms with Crippen molar-refractivity contribution in [3.05, 3.63) is 29.2 Å². The van der Waals surface area contributed by atoms with E-state index in [-0.39, 0.29) is 12.6 Å². The third-order valence-electron chi connectivity index (χ3n) is 3.00. The summed E-state index contributed by atoms with van der Waals surface area (Å²) in [6.07, 6.45) is 2.73. The Hall–Kier alpha value is -1.62. The van der Waals surface area contributed by atoms with Gasteiger partial charge in [0.1, 0.15) is 10.8 Å². The standard InChI is InChI=1S/C14H16ClFN2O2/c1-2-20-14(19)11-7-10-8-13(15)17-9-12(10)18(11)6-4-3-5-16/h7-9H,2-6H2,1H3. The number of hydrogen-bond acceptors (Lipinski definition) is 3. The Labute approximate surface area is 121 Å². The van der Waals surface area contributed by atoms with Crippen molar-refractivity contribution >= 4 is 28.5 Å². The number of carbonyl (C=O) groups is 1. The predicted octanol–water partition coefficient (Wildman–Crippen LogP) is 3.62.